The summed E-state index contributed by atoms with van der Waals surface area (Å²) < 4.78 is 6.36. The van der Waals surface area contributed by atoms with Gasteiger partial charge in [0.05, 0.1) is 0 Å². The minimum absolute atomic E-state index is 0.910. The summed E-state index contributed by atoms with van der Waals surface area (Å²) in [5.74, 6) is 0. The van der Waals surface area contributed by atoms with Crippen molar-refractivity contribution in [2.24, 2.45) is 0 Å². The monoisotopic (exact) mass is 572 g/mol. The number of benzene rings is 8. The molecule has 0 unspecified atom stereocenters. The second kappa shape index (κ2) is 10.4. The van der Waals surface area contributed by atoms with Gasteiger partial charge in [0, 0.05) is 10.8 Å². The summed E-state index contributed by atoms with van der Waals surface area (Å²) >= 11 is 0. The Bertz CT molecular complexity index is 2500. The molecular formula is C44H28O. The van der Waals surface area contributed by atoms with Gasteiger partial charge in [-0.25, -0.2) is 0 Å². The van der Waals surface area contributed by atoms with Crippen molar-refractivity contribution < 1.29 is 4.42 Å². The number of para-hydroxylation sites is 1. The molecule has 0 atom stereocenters. The predicted octanol–water partition coefficient (Wildman–Crippen LogP) is 12.6. The van der Waals surface area contributed by atoms with Crippen molar-refractivity contribution in [3.05, 3.63) is 170 Å². The topological polar surface area (TPSA) is 13.1 Å². The summed E-state index contributed by atoms with van der Waals surface area (Å²) in [5.41, 5.74) is 11.6. The zero-order valence-electron chi connectivity index (χ0n) is 24.6. The first-order chi connectivity index (χ1) is 22.3. The summed E-state index contributed by atoms with van der Waals surface area (Å²) in [5, 5.41) is 7.24. The highest BCUT2D eigenvalue weighted by Gasteiger charge is 2.20. The van der Waals surface area contributed by atoms with Gasteiger partial charge in [-0.3, -0.25) is 0 Å². The second-order valence-electron chi connectivity index (χ2n) is 11.6. The summed E-state index contributed by atoms with van der Waals surface area (Å²) in [6, 6.07) is 61.0. The zero-order chi connectivity index (χ0) is 29.7. The molecule has 1 heteroatoms. The maximum Gasteiger partial charge on any atom is 0.136 e. The van der Waals surface area contributed by atoms with Crippen molar-refractivity contribution >= 4 is 43.5 Å². The molecule has 0 N–H and O–H groups in total. The lowest BCUT2D eigenvalue weighted by Gasteiger charge is -2.19. The van der Waals surface area contributed by atoms with Gasteiger partial charge in [0.25, 0.3) is 0 Å². The predicted molar refractivity (Wildman–Crippen MR) is 190 cm³/mol. The first-order valence-electron chi connectivity index (χ1n) is 15.4. The fourth-order valence-corrected chi connectivity index (χ4v) is 7.03. The van der Waals surface area contributed by atoms with E-state index in [1.54, 1.807) is 0 Å². The number of rotatable bonds is 4. The molecule has 1 heterocycles. The maximum atomic E-state index is 6.36. The average molecular weight is 573 g/mol. The highest BCUT2D eigenvalue weighted by molar-refractivity contribution is 6.26. The molecule has 8 aromatic carbocycles. The van der Waals surface area contributed by atoms with E-state index in [0.29, 0.717) is 0 Å². The van der Waals surface area contributed by atoms with E-state index in [1.807, 2.05) is 6.07 Å². The van der Waals surface area contributed by atoms with Crippen molar-refractivity contribution in [2.75, 3.05) is 0 Å². The number of hydrogen-bond donors (Lipinski definition) is 0. The fourth-order valence-electron chi connectivity index (χ4n) is 7.03. The Morgan fingerprint density at radius 1 is 0.289 bits per heavy atom. The van der Waals surface area contributed by atoms with Crippen LogP contribution in [0.5, 0.6) is 0 Å². The van der Waals surface area contributed by atoms with Gasteiger partial charge < -0.3 is 4.42 Å². The Balaban J connectivity index is 1.39. The number of hydrogen-bond acceptors (Lipinski definition) is 1. The van der Waals surface area contributed by atoms with Crippen LogP contribution in [0.25, 0.3) is 88.0 Å². The third-order valence-electron chi connectivity index (χ3n) is 9.08. The highest BCUT2D eigenvalue weighted by Crippen LogP contribution is 2.47. The van der Waals surface area contributed by atoms with E-state index in [4.69, 9.17) is 4.42 Å². The summed E-state index contributed by atoms with van der Waals surface area (Å²) in [7, 11) is 0. The van der Waals surface area contributed by atoms with E-state index >= 15 is 0 Å². The van der Waals surface area contributed by atoms with E-state index in [0.717, 1.165) is 21.9 Å². The van der Waals surface area contributed by atoms with Crippen LogP contribution in [0, 0.1) is 0 Å². The lowest BCUT2D eigenvalue weighted by molar-refractivity contribution is 0.669. The van der Waals surface area contributed by atoms with Crippen LogP contribution < -0.4 is 0 Å². The van der Waals surface area contributed by atoms with Gasteiger partial charge in [-0.05, 0) is 84.3 Å². The van der Waals surface area contributed by atoms with Crippen LogP contribution in [0.4, 0.5) is 0 Å². The first-order valence-corrected chi connectivity index (χ1v) is 15.4. The van der Waals surface area contributed by atoms with Gasteiger partial charge in [0.15, 0.2) is 0 Å². The van der Waals surface area contributed by atoms with Gasteiger partial charge in [-0.1, -0.05) is 152 Å². The van der Waals surface area contributed by atoms with Crippen molar-refractivity contribution in [3.8, 4) is 44.5 Å². The number of furan rings is 1. The summed E-state index contributed by atoms with van der Waals surface area (Å²) in [6.45, 7) is 0. The van der Waals surface area contributed by atoms with Crippen LogP contribution in [-0.2, 0) is 0 Å². The van der Waals surface area contributed by atoms with Crippen LogP contribution in [0.3, 0.4) is 0 Å². The minimum atomic E-state index is 0.910. The van der Waals surface area contributed by atoms with E-state index in [9.17, 15) is 0 Å². The molecule has 0 saturated heterocycles. The molecule has 210 valence electrons. The van der Waals surface area contributed by atoms with Crippen molar-refractivity contribution in [1.82, 2.24) is 0 Å². The summed E-state index contributed by atoms with van der Waals surface area (Å²) in [4.78, 5) is 0. The van der Waals surface area contributed by atoms with E-state index in [2.05, 4.69) is 164 Å². The van der Waals surface area contributed by atoms with Crippen LogP contribution in [0.15, 0.2) is 174 Å². The van der Waals surface area contributed by atoms with Crippen molar-refractivity contribution in [3.63, 3.8) is 0 Å². The average Bonchev–Trinajstić information content (AvgIpc) is 3.50. The smallest absolute Gasteiger partial charge is 0.136 e. The summed E-state index contributed by atoms with van der Waals surface area (Å²) in [6.07, 6.45) is 0. The van der Waals surface area contributed by atoms with Crippen LogP contribution in [-0.4, -0.2) is 0 Å². The normalized spacial score (nSPS) is 11.6. The van der Waals surface area contributed by atoms with Gasteiger partial charge >= 0.3 is 0 Å². The maximum absolute atomic E-state index is 6.36. The molecule has 1 nitrogen and oxygen atoms in total. The molecule has 0 saturated carbocycles. The van der Waals surface area contributed by atoms with Gasteiger partial charge in [0.1, 0.15) is 11.2 Å². The standard InChI is InChI=1S/C44H28O/c1-3-12-29(13-4-1)31-22-24-32(25-23-31)42-34-16-7-8-17-35(34)43(36-27-26-33(28-39(36)42)30-14-5-2-6-15-30)38-19-11-21-41-44(38)37-18-9-10-20-40(37)45-41/h1-28H. The van der Waals surface area contributed by atoms with E-state index < -0.39 is 0 Å². The van der Waals surface area contributed by atoms with Gasteiger partial charge in [-0.2, -0.15) is 0 Å². The molecule has 9 aromatic rings. The molecule has 0 aliphatic rings. The Morgan fingerprint density at radius 3 is 1.53 bits per heavy atom. The van der Waals surface area contributed by atoms with E-state index in [-0.39, 0.29) is 0 Å². The Kier molecular flexibility index (Phi) is 5.89. The lowest BCUT2D eigenvalue weighted by atomic mass is 9.83. The van der Waals surface area contributed by atoms with Crippen LogP contribution >= 0.6 is 0 Å². The van der Waals surface area contributed by atoms with Crippen molar-refractivity contribution in [1.29, 1.82) is 0 Å². The minimum Gasteiger partial charge on any atom is -0.456 e. The third kappa shape index (κ3) is 4.17. The highest BCUT2D eigenvalue weighted by atomic mass is 16.3. The molecule has 1 aromatic heterocycles. The molecular weight excluding hydrogens is 544 g/mol. The fraction of sp³-hybridized carbons (Fsp3) is 0. The second-order valence-corrected chi connectivity index (χ2v) is 11.6. The largest absolute Gasteiger partial charge is 0.456 e. The third-order valence-corrected chi connectivity index (χ3v) is 9.08. The molecule has 0 fully saturated rings. The van der Waals surface area contributed by atoms with Gasteiger partial charge in [-0.15, -0.1) is 0 Å². The first kappa shape index (κ1) is 25.6. The molecule has 0 aliphatic heterocycles. The van der Waals surface area contributed by atoms with Crippen molar-refractivity contribution in [2.45, 2.75) is 0 Å². The SMILES string of the molecule is c1ccc(-c2ccc(-c3c4ccccc4c(-c4cccc5oc6ccccc6c45)c4ccc(-c5ccccc5)cc34)cc2)cc1. The quantitative estimate of drug-likeness (QED) is 0.191. The van der Waals surface area contributed by atoms with Gasteiger partial charge in [0.2, 0.25) is 0 Å². The Labute approximate surface area is 261 Å². The van der Waals surface area contributed by atoms with Crippen LogP contribution in [0.2, 0.25) is 0 Å². The van der Waals surface area contributed by atoms with Crippen LogP contribution in [0.1, 0.15) is 0 Å². The Hall–Kier alpha value is -5.92. The Morgan fingerprint density at radius 2 is 0.800 bits per heavy atom. The molecule has 0 spiro atoms. The van der Waals surface area contributed by atoms with E-state index in [1.165, 1.54) is 66.1 Å². The molecule has 0 aliphatic carbocycles. The molecule has 0 radical (unpaired) electrons. The molecule has 0 bridgehead atoms. The lowest BCUT2D eigenvalue weighted by Crippen LogP contribution is -1.92. The molecule has 9 rings (SSSR count). The zero-order valence-corrected chi connectivity index (χ0v) is 24.6. The number of fused-ring (bicyclic) bond motifs is 5. The molecule has 0 amide bonds. The molecule has 45 heavy (non-hydrogen) atoms.